The van der Waals surface area contributed by atoms with Gasteiger partial charge in [0.25, 0.3) is 0 Å². The standard InChI is InChI=1S/C24H24ClN5O3/c25-23-22(28-20-3-1-2-4-21(20)29-23)19(15-26)24(31)27-16-17-5-7-18(8-6-17)33-14-11-30-9-12-32-13-10-30/h1-8,19H,9-14,16H2,(H,27,31). The molecule has 0 radical (unpaired) electrons. The van der Waals surface area contributed by atoms with Crippen molar-refractivity contribution in [1.82, 2.24) is 20.2 Å². The number of morpholine rings is 1. The molecule has 1 atom stereocenters. The summed E-state index contributed by atoms with van der Waals surface area (Å²) in [6.45, 7) is 5.14. The number of carbonyl (C=O) groups excluding carboxylic acids is 1. The molecule has 2 aromatic carbocycles. The molecule has 9 heteroatoms. The maximum Gasteiger partial charge on any atom is 0.243 e. The van der Waals surface area contributed by atoms with Crippen molar-refractivity contribution in [3.05, 3.63) is 64.9 Å². The Hall–Kier alpha value is -3.25. The number of ether oxygens (including phenoxy) is 2. The number of hydrogen-bond acceptors (Lipinski definition) is 7. The molecule has 1 N–H and O–H groups in total. The molecule has 1 unspecified atom stereocenters. The van der Waals surface area contributed by atoms with Crippen molar-refractivity contribution in [1.29, 1.82) is 5.26 Å². The second-order valence-electron chi connectivity index (χ2n) is 7.61. The van der Waals surface area contributed by atoms with Gasteiger partial charge in [-0.2, -0.15) is 5.26 Å². The number of rotatable bonds is 8. The van der Waals surface area contributed by atoms with Gasteiger partial charge in [-0.3, -0.25) is 9.69 Å². The molecule has 4 rings (SSSR count). The number of nitrogens with one attached hydrogen (secondary N) is 1. The van der Waals surface area contributed by atoms with Crippen LogP contribution in [0.3, 0.4) is 0 Å². The molecule has 1 aromatic heterocycles. The molecule has 1 fully saturated rings. The van der Waals surface area contributed by atoms with Crippen molar-refractivity contribution in [3.63, 3.8) is 0 Å². The molecular weight excluding hydrogens is 442 g/mol. The lowest BCUT2D eigenvalue weighted by molar-refractivity contribution is -0.121. The van der Waals surface area contributed by atoms with Gasteiger partial charge in [-0.15, -0.1) is 0 Å². The highest BCUT2D eigenvalue weighted by atomic mass is 35.5. The average Bonchev–Trinajstić information content (AvgIpc) is 2.85. The fourth-order valence-corrected chi connectivity index (χ4v) is 3.77. The first kappa shape index (κ1) is 22.9. The predicted molar refractivity (Wildman–Crippen MR) is 124 cm³/mol. The van der Waals surface area contributed by atoms with Crippen molar-refractivity contribution in [2.45, 2.75) is 12.5 Å². The minimum atomic E-state index is -1.16. The van der Waals surface area contributed by atoms with Crippen LogP contribution in [-0.4, -0.2) is 60.2 Å². The summed E-state index contributed by atoms with van der Waals surface area (Å²) < 4.78 is 11.2. The van der Waals surface area contributed by atoms with E-state index < -0.39 is 11.8 Å². The number of benzene rings is 2. The number of fused-ring (bicyclic) bond motifs is 1. The monoisotopic (exact) mass is 465 g/mol. The number of carbonyl (C=O) groups is 1. The lowest BCUT2D eigenvalue weighted by Gasteiger charge is -2.26. The van der Waals surface area contributed by atoms with Crippen molar-refractivity contribution >= 4 is 28.5 Å². The quantitative estimate of drug-likeness (QED) is 0.545. The van der Waals surface area contributed by atoms with Gasteiger partial charge in [0.1, 0.15) is 18.1 Å². The SMILES string of the molecule is N#CC(C(=O)NCc1ccc(OCCN2CCOCC2)cc1)c1nc2ccccc2nc1Cl. The molecule has 0 bridgehead atoms. The normalized spacial score (nSPS) is 15.0. The number of nitrogens with zero attached hydrogens (tertiary/aromatic N) is 4. The van der Waals surface area contributed by atoms with Gasteiger partial charge < -0.3 is 14.8 Å². The Morgan fingerprint density at radius 1 is 1.15 bits per heavy atom. The number of halogens is 1. The van der Waals surface area contributed by atoms with Crippen LogP contribution in [0.25, 0.3) is 11.0 Å². The molecule has 170 valence electrons. The average molecular weight is 466 g/mol. The second kappa shape index (κ2) is 11.1. The van der Waals surface area contributed by atoms with E-state index in [1.165, 1.54) is 0 Å². The molecule has 0 saturated carbocycles. The molecule has 0 spiro atoms. The van der Waals surface area contributed by atoms with Gasteiger partial charge in [-0.1, -0.05) is 35.9 Å². The van der Waals surface area contributed by atoms with Crippen LogP contribution in [0, 0.1) is 11.3 Å². The maximum absolute atomic E-state index is 12.7. The molecule has 33 heavy (non-hydrogen) atoms. The molecule has 0 aliphatic carbocycles. The Balaban J connectivity index is 1.31. The van der Waals surface area contributed by atoms with Crippen LogP contribution in [0.1, 0.15) is 17.2 Å². The van der Waals surface area contributed by atoms with Gasteiger partial charge in [0.15, 0.2) is 11.1 Å². The fraction of sp³-hybridized carbons (Fsp3) is 0.333. The van der Waals surface area contributed by atoms with Crippen molar-refractivity contribution in [2.24, 2.45) is 0 Å². The van der Waals surface area contributed by atoms with Crippen LogP contribution in [-0.2, 0) is 16.1 Å². The molecule has 1 amide bonds. The first-order valence-corrected chi connectivity index (χ1v) is 11.1. The van der Waals surface area contributed by atoms with Crippen LogP contribution < -0.4 is 10.1 Å². The summed E-state index contributed by atoms with van der Waals surface area (Å²) in [4.78, 5) is 23.7. The summed E-state index contributed by atoms with van der Waals surface area (Å²) in [7, 11) is 0. The van der Waals surface area contributed by atoms with Gasteiger partial charge >= 0.3 is 0 Å². The topological polar surface area (TPSA) is 100 Å². The van der Waals surface area contributed by atoms with E-state index in [9.17, 15) is 10.1 Å². The van der Waals surface area contributed by atoms with E-state index in [2.05, 4.69) is 20.2 Å². The van der Waals surface area contributed by atoms with E-state index >= 15 is 0 Å². The molecule has 1 saturated heterocycles. The van der Waals surface area contributed by atoms with Gasteiger partial charge in [-0.25, -0.2) is 9.97 Å². The first-order valence-electron chi connectivity index (χ1n) is 10.8. The lowest BCUT2D eigenvalue weighted by atomic mass is 10.1. The smallest absolute Gasteiger partial charge is 0.243 e. The summed E-state index contributed by atoms with van der Waals surface area (Å²) in [5.41, 5.74) is 2.22. The third-order valence-electron chi connectivity index (χ3n) is 5.39. The lowest BCUT2D eigenvalue weighted by Crippen LogP contribution is -2.38. The van der Waals surface area contributed by atoms with Crippen LogP contribution in [0.4, 0.5) is 0 Å². The molecule has 3 aromatic rings. The Morgan fingerprint density at radius 3 is 2.55 bits per heavy atom. The Labute approximate surface area is 197 Å². The third kappa shape index (κ3) is 5.96. The van der Waals surface area contributed by atoms with E-state index in [1.54, 1.807) is 12.1 Å². The summed E-state index contributed by atoms with van der Waals surface area (Å²) in [5, 5.41) is 12.4. The zero-order chi connectivity index (χ0) is 23.0. The van der Waals surface area contributed by atoms with E-state index in [-0.39, 0.29) is 17.4 Å². The van der Waals surface area contributed by atoms with Gasteiger partial charge in [0.2, 0.25) is 5.91 Å². The predicted octanol–water partition coefficient (Wildman–Crippen LogP) is 2.92. The van der Waals surface area contributed by atoms with E-state index in [0.29, 0.717) is 17.6 Å². The van der Waals surface area contributed by atoms with Gasteiger partial charge in [-0.05, 0) is 29.8 Å². The maximum atomic E-state index is 12.7. The summed E-state index contributed by atoms with van der Waals surface area (Å²) in [6, 6.07) is 16.7. The summed E-state index contributed by atoms with van der Waals surface area (Å²) >= 11 is 6.22. The Morgan fingerprint density at radius 2 is 1.85 bits per heavy atom. The summed E-state index contributed by atoms with van der Waals surface area (Å²) in [6.07, 6.45) is 0. The molecule has 1 aliphatic heterocycles. The Kier molecular flexibility index (Phi) is 7.68. The largest absolute Gasteiger partial charge is 0.492 e. The highest BCUT2D eigenvalue weighted by molar-refractivity contribution is 6.30. The van der Waals surface area contributed by atoms with E-state index in [4.69, 9.17) is 21.1 Å². The fourth-order valence-electron chi connectivity index (χ4n) is 3.53. The van der Waals surface area contributed by atoms with Gasteiger partial charge in [0.05, 0.1) is 30.3 Å². The number of nitriles is 1. The van der Waals surface area contributed by atoms with Crippen molar-refractivity contribution < 1.29 is 14.3 Å². The van der Waals surface area contributed by atoms with Crippen LogP contribution in [0.2, 0.25) is 5.15 Å². The molecule has 1 aliphatic rings. The molecular formula is C24H24ClN5O3. The van der Waals surface area contributed by atoms with E-state index in [0.717, 1.165) is 44.2 Å². The van der Waals surface area contributed by atoms with Crippen molar-refractivity contribution in [2.75, 3.05) is 39.5 Å². The minimum Gasteiger partial charge on any atom is -0.492 e. The number of para-hydroxylation sites is 2. The minimum absolute atomic E-state index is 0.0500. The Bertz CT molecular complexity index is 1140. The molecule has 8 nitrogen and oxygen atoms in total. The highest BCUT2D eigenvalue weighted by Crippen LogP contribution is 2.24. The third-order valence-corrected chi connectivity index (χ3v) is 5.67. The van der Waals surface area contributed by atoms with Crippen LogP contribution in [0.15, 0.2) is 48.5 Å². The number of amides is 1. The zero-order valence-electron chi connectivity index (χ0n) is 18.0. The van der Waals surface area contributed by atoms with E-state index in [1.807, 2.05) is 42.5 Å². The van der Waals surface area contributed by atoms with Crippen molar-refractivity contribution in [3.8, 4) is 11.8 Å². The zero-order valence-corrected chi connectivity index (χ0v) is 18.8. The van der Waals surface area contributed by atoms with Gasteiger partial charge in [0, 0.05) is 26.2 Å². The van der Waals surface area contributed by atoms with Crippen LogP contribution >= 0.6 is 11.6 Å². The number of aromatic nitrogens is 2. The molecule has 2 heterocycles. The summed E-state index contributed by atoms with van der Waals surface area (Å²) in [5.74, 6) is -0.862. The number of hydrogen-bond donors (Lipinski definition) is 1. The van der Waals surface area contributed by atoms with Crippen LogP contribution in [0.5, 0.6) is 5.75 Å². The first-order chi connectivity index (χ1) is 16.1. The highest BCUT2D eigenvalue weighted by Gasteiger charge is 2.25. The second-order valence-corrected chi connectivity index (χ2v) is 7.97.